The van der Waals surface area contributed by atoms with Gasteiger partial charge in [-0.2, -0.15) is 4.98 Å². The van der Waals surface area contributed by atoms with Gasteiger partial charge in [0, 0.05) is 18.4 Å². The van der Waals surface area contributed by atoms with E-state index in [1.54, 1.807) is 0 Å². The molecule has 0 saturated heterocycles. The Kier molecular flexibility index (Phi) is 3.05. The summed E-state index contributed by atoms with van der Waals surface area (Å²) in [6, 6.07) is 0. The number of hydrogen-bond acceptors (Lipinski definition) is 4. The third-order valence-electron chi connectivity index (χ3n) is 3.18. The summed E-state index contributed by atoms with van der Waals surface area (Å²) in [5.41, 5.74) is 6.21. The lowest BCUT2D eigenvalue weighted by molar-refractivity contribution is 0.260. The van der Waals surface area contributed by atoms with Crippen molar-refractivity contribution in [1.29, 1.82) is 0 Å². The largest absolute Gasteiger partial charge is 0.339 e. The maximum Gasteiger partial charge on any atom is 0.228 e. The molecule has 0 aliphatic heterocycles. The topological polar surface area (TPSA) is 64.9 Å². The molecule has 0 bridgehead atoms. The Bertz CT molecular complexity index is 315. The zero-order chi connectivity index (χ0) is 10.7. The van der Waals surface area contributed by atoms with Crippen LogP contribution in [0.5, 0.6) is 0 Å². The van der Waals surface area contributed by atoms with Crippen LogP contribution in [0.15, 0.2) is 4.52 Å². The molecule has 1 fully saturated rings. The Hall–Kier alpha value is -0.900. The predicted molar refractivity (Wildman–Crippen MR) is 57.4 cm³/mol. The summed E-state index contributed by atoms with van der Waals surface area (Å²) in [7, 11) is 0. The lowest BCUT2D eigenvalue weighted by atomic mass is 9.80. The van der Waals surface area contributed by atoms with Gasteiger partial charge in [-0.3, -0.25) is 0 Å². The quantitative estimate of drug-likeness (QED) is 0.825. The van der Waals surface area contributed by atoms with E-state index in [-0.39, 0.29) is 5.54 Å². The minimum Gasteiger partial charge on any atom is -0.339 e. The molecule has 2 rings (SSSR count). The van der Waals surface area contributed by atoms with E-state index in [0.29, 0.717) is 5.89 Å². The van der Waals surface area contributed by atoms with Gasteiger partial charge in [0.05, 0.1) is 0 Å². The van der Waals surface area contributed by atoms with Crippen molar-refractivity contribution in [3.05, 3.63) is 11.7 Å². The number of nitrogens with two attached hydrogens (primary N) is 1. The van der Waals surface area contributed by atoms with E-state index in [2.05, 4.69) is 10.1 Å². The molecule has 0 aromatic carbocycles. The summed E-state index contributed by atoms with van der Waals surface area (Å²) in [6.45, 7) is 2.02. The van der Waals surface area contributed by atoms with Gasteiger partial charge in [0.15, 0.2) is 5.82 Å². The van der Waals surface area contributed by atoms with Crippen molar-refractivity contribution in [2.45, 2.75) is 57.4 Å². The van der Waals surface area contributed by atoms with Crippen molar-refractivity contribution in [2.75, 3.05) is 0 Å². The summed E-state index contributed by atoms with van der Waals surface area (Å²) in [5.74, 6) is 1.49. The average Bonchev–Trinajstić information content (AvgIpc) is 2.66. The van der Waals surface area contributed by atoms with Gasteiger partial charge in [0.2, 0.25) is 5.89 Å². The highest BCUT2D eigenvalue weighted by Gasteiger charge is 2.29. The predicted octanol–water partition coefficient (Wildman–Crippen LogP) is 1.84. The third-order valence-corrected chi connectivity index (χ3v) is 3.18. The minimum absolute atomic E-state index is 0.101. The van der Waals surface area contributed by atoms with Crippen molar-refractivity contribution >= 4 is 0 Å². The van der Waals surface area contributed by atoms with Gasteiger partial charge in [-0.05, 0) is 12.8 Å². The molecule has 1 heterocycles. The van der Waals surface area contributed by atoms with Crippen LogP contribution < -0.4 is 5.73 Å². The van der Waals surface area contributed by atoms with E-state index in [9.17, 15) is 0 Å². The molecule has 84 valence electrons. The van der Waals surface area contributed by atoms with Gasteiger partial charge in [0.1, 0.15) is 0 Å². The Morgan fingerprint density at radius 2 is 2.07 bits per heavy atom. The normalized spacial score (nSPS) is 20.4. The van der Waals surface area contributed by atoms with E-state index >= 15 is 0 Å². The van der Waals surface area contributed by atoms with Crippen molar-refractivity contribution in [3.8, 4) is 0 Å². The fraction of sp³-hybridized carbons (Fsp3) is 0.818. The van der Waals surface area contributed by atoms with Gasteiger partial charge >= 0.3 is 0 Å². The second kappa shape index (κ2) is 4.31. The van der Waals surface area contributed by atoms with Crippen LogP contribution in [0.25, 0.3) is 0 Å². The summed E-state index contributed by atoms with van der Waals surface area (Å²) in [5, 5.41) is 3.89. The van der Waals surface area contributed by atoms with Crippen LogP contribution in [0.1, 0.15) is 50.7 Å². The summed E-state index contributed by atoms with van der Waals surface area (Å²) >= 11 is 0. The first-order chi connectivity index (χ1) is 7.22. The first-order valence-corrected chi connectivity index (χ1v) is 5.82. The lowest BCUT2D eigenvalue weighted by Crippen LogP contribution is -2.43. The molecule has 2 N–H and O–H groups in total. The van der Waals surface area contributed by atoms with Crippen LogP contribution in [-0.2, 0) is 12.8 Å². The van der Waals surface area contributed by atoms with E-state index in [4.69, 9.17) is 10.3 Å². The van der Waals surface area contributed by atoms with E-state index in [0.717, 1.165) is 31.5 Å². The highest BCUT2D eigenvalue weighted by Crippen LogP contribution is 2.28. The number of aryl methyl sites for hydroxylation is 1. The Balaban J connectivity index is 2.00. The molecule has 1 aliphatic rings. The first kappa shape index (κ1) is 10.6. The van der Waals surface area contributed by atoms with Crippen LogP contribution in [-0.4, -0.2) is 15.7 Å². The smallest absolute Gasteiger partial charge is 0.228 e. The van der Waals surface area contributed by atoms with Crippen molar-refractivity contribution in [1.82, 2.24) is 10.1 Å². The molecule has 0 spiro atoms. The SMILES string of the molecule is CCc1noc(CC2(N)CCCCC2)n1. The summed E-state index contributed by atoms with van der Waals surface area (Å²) < 4.78 is 5.18. The monoisotopic (exact) mass is 209 g/mol. The standard InChI is InChI=1S/C11H19N3O/c1-2-9-13-10(15-14-9)8-11(12)6-4-3-5-7-11/h2-8,12H2,1H3. The van der Waals surface area contributed by atoms with Crippen LogP contribution in [0.2, 0.25) is 0 Å². The maximum absolute atomic E-state index is 6.31. The van der Waals surface area contributed by atoms with Crippen molar-refractivity contribution in [3.63, 3.8) is 0 Å². The first-order valence-electron chi connectivity index (χ1n) is 5.82. The zero-order valence-corrected chi connectivity index (χ0v) is 9.33. The molecule has 1 aromatic heterocycles. The number of hydrogen-bond donors (Lipinski definition) is 1. The maximum atomic E-state index is 6.31. The highest BCUT2D eigenvalue weighted by molar-refractivity contribution is 4.97. The molecule has 4 heteroatoms. The van der Waals surface area contributed by atoms with Crippen LogP contribution >= 0.6 is 0 Å². The molecular weight excluding hydrogens is 190 g/mol. The fourth-order valence-electron chi connectivity index (χ4n) is 2.24. The van der Waals surface area contributed by atoms with Crippen LogP contribution in [0, 0.1) is 0 Å². The molecule has 0 amide bonds. The second-order valence-electron chi connectivity index (χ2n) is 4.56. The Labute approximate surface area is 90.2 Å². The molecule has 15 heavy (non-hydrogen) atoms. The second-order valence-corrected chi connectivity index (χ2v) is 4.56. The molecule has 4 nitrogen and oxygen atoms in total. The molecular formula is C11H19N3O. The van der Waals surface area contributed by atoms with E-state index < -0.39 is 0 Å². The lowest BCUT2D eigenvalue weighted by Gasteiger charge is -2.31. The summed E-state index contributed by atoms with van der Waals surface area (Å²) in [4.78, 5) is 4.31. The van der Waals surface area contributed by atoms with Crippen LogP contribution in [0.4, 0.5) is 0 Å². The Morgan fingerprint density at radius 3 is 2.67 bits per heavy atom. The molecule has 1 saturated carbocycles. The average molecular weight is 209 g/mol. The van der Waals surface area contributed by atoms with Gasteiger partial charge in [0.25, 0.3) is 0 Å². The fourth-order valence-corrected chi connectivity index (χ4v) is 2.24. The van der Waals surface area contributed by atoms with Gasteiger partial charge in [-0.1, -0.05) is 31.3 Å². The Morgan fingerprint density at radius 1 is 1.33 bits per heavy atom. The number of rotatable bonds is 3. The summed E-state index contributed by atoms with van der Waals surface area (Å²) in [6.07, 6.45) is 7.48. The van der Waals surface area contributed by atoms with Crippen molar-refractivity contribution in [2.24, 2.45) is 5.73 Å². The van der Waals surface area contributed by atoms with Gasteiger partial charge in [-0.25, -0.2) is 0 Å². The molecule has 1 aliphatic carbocycles. The minimum atomic E-state index is -0.101. The molecule has 0 unspecified atom stereocenters. The van der Waals surface area contributed by atoms with Gasteiger partial charge in [-0.15, -0.1) is 0 Å². The highest BCUT2D eigenvalue weighted by atomic mass is 16.5. The number of nitrogens with zero attached hydrogens (tertiary/aromatic N) is 2. The number of aromatic nitrogens is 2. The molecule has 1 aromatic rings. The van der Waals surface area contributed by atoms with Gasteiger partial charge < -0.3 is 10.3 Å². The van der Waals surface area contributed by atoms with Crippen molar-refractivity contribution < 1.29 is 4.52 Å². The molecule has 0 atom stereocenters. The van der Waals surface area contributed by atoms with E-state index in [1.807, 2.05) is 6.92 Å². The van der Waals surface area contributed by atoms with Crippen LogP contribution in [0.3, 0.4) is 0 Å². The zero-order valence-electron chi connectivity index (χ0n) is 9.33. The third kappa shape index (κ3) is 2.56. The van der Waals surface area contributed by atoms with E-state index in [1.165, 1.54) is 19.3 Å². The molecule has 0 radical (unpaired) electrons.